The molecule has 1 aliphatic rings. The highest BCUT2D eigenvalue weighted by Crippen LogP contribution is 2.26. The molecular weight excluding hydrogens is 212 g/mol. The fraction of sp³-hybridized carbons (Fsp3) is 0.571. The van der Waals surface area contributed by atoms with Gasteiger partial charge < -0.3 is 4.90 Å². The van der Waals surface area contributed by atoms with Gasteiger partial charge in [-0.25, -0.2) is 0 Å². The van der Waals surface area contributed by atoms with Crippen molar-refractivity contribution in [1.82, 2.24) is 9.88 Å². The van der Waals surface area contributed by atoms with E-state index in [1.165, 1.54) is 12.8 Å². The Morgan fingerprint density at radius 3 is 2.59 bits per heavy atom. The zero-order valence-corrected chi connectivity index (χ0v) is 10.6. The minimum atomic E-state index is 0.0464. The van der Waals surface area contributed by atoms with Crippen LogP contribution in [0.3, 0.4) is 0 Å². The SMILES string of the molecule is CC1CCC(N(C)C(=O)c2ccccn2)CC1. The van der Waals surface area contributed by atoms with Gasteiger partial charge in [-0.05, 0) is 43.7 Å². The molecule has 0 radical (unpaired) electrons. The van der Waals surface area contributed by atoms with Gasteiger partial charge in [0, 0.05) is 19.3 Å². The molecule has 1 aromatic rings. The van der Waals surface area contributed by atoms with E-state index in [2.05, 4.69) is 11.9 Å². The molecule has 0 bridgehead atoms. The first-order valence-corrected chi connectivity index (χ1v) is 6.36. The molecule has 0 N–H and O–H groups in total. The third kappa shape index (κ3) is 2.84. The van der Waals surface area contributed by atoms with Gasteiger partial charge in [0.1, 0.15) is 5.69 Å². The smallest absolute Gasteiger partial charge is 0.272 e. The van der Waals surface area contributed by atoms with Crippen LogP contribution in [0.5, 0.6) is 0 Å². The van der Waals surface area contributed by atoms with Crippen LogP contribution in [-0.2, 0) is 0 Å². The van der Waals surface area contributed by atoms with E-state index in [4.69, 9.17) is 0 Å². The van der Waals surface area contributed by atoms with Crippen molar-refractivity contribution in [3.05, 3.63) is 30.1 Å². The van der Waals surface area contributed by atoms with Crippen LogP contribution in [0.15, 0.2) is 24.4 Å². The summed E-state index contributed by atoms with van der Waals surface area (Å²) >= 11 is 0. The van der Waals surface area contributed by atoms with E-state index in [-0.39, 0.29) is 5.91 Å². The highest BCUT2D eigenvalue weighted by Gasteiger charge is 2.25. The van der Waals surface area contributed by atoms with E-state index in [9.17, 15) is 4.79 Å². The molecule has 1 aromatic heterocycles. The number of aromatic nitrogens is 1. The highest BCUT2D eigenvalue weighted by atomic mass is 16.2. The van der Waals surface area contributed by atoms with Gasteiger partial charge in [-0.3, -0.25) is 9.78 Å². The topological polar surface area (TPSA) is 33.2 Å². The molecule has 0 atom stereocenters. The van der Waals surface area contributed by atoms with Crippen molar-refractivity contribution in [3.63, 3.8) is 0 Å². The third-order valence-electron chi connectivity index (χ3n) is 3.74. The molecule has 1 aliphatic carbocycles. The summed E-state index contributed by atoms with van der Waals surface area (Å²) < 4.78 is 0. The minimum absolute atomic E-state index is 0.0464. The van der Waals surface area contributed by atoms with E-state index in [1.807, 2.05) is 24.1 Å². The van der Waals surface area contributed by atoms with Crippen molar-refractivity contribution >= 4 is 5.91 Å². The molecule has 0 unspecified atom stereocenters. The summed E-state index contributed by atoms with van der Waals surface area (Å²) in [5.74, 6) is 0.856. The summed E-state index contributed by atoms with van der Waals surface area (Å²) in [5, 5.41) is 0. The van der Waals surface area contributed by atoms with Gasteiger partial charge in [0.2, 0.25) is 0 Å². The fourth-order valence-corrected chi connectivity index (χ4v) is 2.47. The van der Waals surface area contributed by atoms with Crippen molar-refractivity contribution in [2.24, 2.45) is 5.92 Å². The average Bonchev–Trinajstić information content (AvgIpc) is 2.39. The van der Waals surface area contributed by atoms with Gasteiger partial charge in [-0.2, -0.15) is 0 Å². The minimum Gasteiger partial charge on any atom is -0.337 e. The van der Waals surface area contributed by atoms with E-state index < -0.39 is 0 Å². The molecule has 1 heterocycles. The van der Waals surface area contributed by atoms with Crippen LogP contribution in [0.1, 0.15) is 43.1 Å². The molecular formula is C14H20N2O. The number of hydrogen-bond acceptors (Lipinski definition) is 2. The maximum Gasteiger partial charge on any atom is 0.272 e. The summed E-state index contributed by atoms with van der Waals surface area (Å²) in [6, 6.07) is 5.86. The molecule has 17 heavy (non-hydrogen) atoms. The Morgan fingerprint density at radius 1 is 1.29 bits per heavy atom. The first-order chi connectivity index (χ1) is 8.18. The van der Waals surface area contributed by atoms with Crippen molar-refractivity contribution < 1.29 is 4.79 Å². The molecule has 92 valence electrons. The van der Waals surface area contributed by atoms with Gasteiger partial charge in [-0.15, -0.1) is 0 Å². The second-order valence-corrected chi connectivity index (χ2v) is 5.04. The number of carbonyl (C=O) groups excluding carboxylic acids is 1. The number of amides is 1. The monoisotopic (exact) mass is 232 g/mol. The Labute approximate surface area is 103 Å². The first-order valence-electron chi connectivity index (χ1n) is 6.36. The molecule has 0 saturated heterocycles. The van der Waals surface area contributed by atoms with Crippen molar-refractivity contribution in [2.45, 2.75) is 38.6 Å². The van der Waals surface area contributed by atoms with Gasteiger partial charge in [-0.1, -0.05) is 13.0 Å². The van der Waals surface area contributed by atoms with E-state index in [1.54, 1.807) is 12.3 Å². The lowest BCUT2D eigenvalue weighted by molar-refractivity contribution is 0.0673. The number of pyridine rings is 1. The molecule has 1 fully saturated rings. The first kappa shape index (κ1) is 12.1. The van der Waals surface area contributed by atoms with Crippen LogP contribution in [-0.4, -0.2) is 28.9 Å². The van der Waals surface area contributed by atoms with Crippen LogP contribution < -0.4 is 0 Å². The van der Waals surface area contributed by atoms with Gasteiger partial charge in [0.15, 0.2) is 0 Å². The van der Waals surface area contributed by atoms with Crippen LogP contribution in [0.25, 0.3) is 0 Å². The van der Waals surface area contributed by atoms with Crippen LogP contribution in [0.4, 0.5) is 0 Å². The maximum absolute atomic E-state index is 12.2. The zero-order valence-electron chi connectivity index (χ0n) is 10.6. The van der Waals surface area contributed by atoms with Gasteiger partial charge in [0.05, 0.1) is 0 Å². The lowest BCUT2D eigenvalue weighted by Crippen LogP contribution is -2.39. The number of nitrogens with zero attached hydrogens (tertiary/aromatic N) is 2. The predicted molar refractivity (Wildman–Crippen MR) is 67.8 cm³/mol. The Balaban J connectivity index is 2.00. The molecule has 1 saturated carbocycles. The quantitative estimate of drug-likeness (QED) is 0.785. The van der Waals surface area contributed by atoms with E-state index in [0.29, 0.717) is 11.7 Å². The Bertz CT molecular complexity index is 369. The predicted octanol–water partition coefficient (Wildman–Crippen LogP) is 2.73. The second-order valence-electron chi connectivity index (χ2n) is 5.04. The lowest BCUT2D eigenvalue weighted by Gasteiger charge is -2.33. The summed E-state index contributed by atoms with van der Waals surface area (Å²) in [5.41, 5.74) is 0.550. The molecule has 1 amide bonds. The molecule has 3 nitrogen and oxygen atoms in total. The lowest BCUT2D eigenvalue weighted by atomic mass is 9.86. The molecule has 0 aliphatic heterocycles. The van der Waals surface area contributed by atoms with Crippen molar-refractivity contribution in [1.29, 1.82) is 0 Å². The average molecular weight is 232 g/mol. The fourth-order valence-electron chi connectivity index (χ4n) is 2.47. The van der Waals surface area contributed by atoms with E-state index >= 15 is 0 Å². The molecule has 3 heteroatoms. The summed E-state index contributed by atoms with van der Waals surface area (Å²) in [6.07, 6.45) is 6.37. The molecule has 2 rings (SSSR count). The Kier molecular flexibility index (Phi) is 3.77. The number of carbonyl (C=O) groups is 1. The third-order valence-corrected chi connectivity index (χ3v) is 3.74. The zero-order chi connectivity index (χ0) is 12.3. The Hall–Kier alpha value is -1.38. The van der Waals surface area contributed by atoms with Crippen molar-refractivity contribution in [2.75, 3.05) is 7.05 Å². The molecule has 0 aromatic carbocycles. The summed E-state index contributed by atoms with van der Waals surface area (Å²) in [7, 11) is 1.90. The van der Waals surface area contributed by atoms with Crippen LogP contribution in [0, 0.1) is 5.92 Å². The van der Waals surface area contributed by atoms with Crippen LogP contribution in [0.2, 0.25) is 0 Å². The standard InChI is InChI=1S/C14H20N2O/c1-11-6-8-12(9-7-11)16(2)14(17)13-5-3-4-10-15-13/h3-5,10-12H,6-9H2,1-2H3. The normalized spacial score (nSPS) is 24.4. The highest BCUT2D eigenvalue weighted by molar-refractivity contribution is 5.92. The largest absolute Gasteiger partial charge is 0.337 e. The second kappa shape index (κ2) is 5.30. The summed E-state index contributed by atoms with van der Waals surface area (Å²) in [4.78, 5) is 18.2. The van der Waals surface area contributed by atoms with Crippen LogP contribution >= 0.6 is 0 Å². The summed E-state index contributed by atoms with van der Waals surface area (Å²) in [6.45, 7) is 2.29. The van der Waals surface area contributed by atoms with E-state index in [0.717, 1.165) is 18.8 Å². The molecule has 0 spiro atoms. The van der Waals surface area contributed by atoms with Gasteiger partial charge >= 0.3 is 0 Å². The van der Waals surface area contributed by atoms with Crippen molar-refractivity contribution in [3.8, 4) is 0 Å². The Morgan fingerprint density at radius 2 is 2.00 bits per heavy atom. The number of rotatable bonds is 2. The van der Waals surface area contributed by atoms with Gasteiger partial charge in [0.25, 0.3) is 5.91 Å². The number of hydrogen-bond donors (Lipinski definition) is 0. The maximum atomic E-state index is 12.2.